The summed E-state index contributed by atoms with van der Waals surface area (Å²) in [4.78, 5) is 41.5. The quantitative estimate of drug-likeness (QED) is 0.287. The van der Waals surface area contributed by atoms with Crippen LogP contribution in [0.1, 0.15) is 61.6 Å². The highest BCUT2D eigenvalue weighted by atomic mass is 19.1. The van der Waals surface area contributed by atoms with Gasteiger partial charge >= 0.3 is 0 Å². The van der Waals surface area contributed by atoms with E-state index in [4.69, 9.17) is 0 Å². The van der Waals surface area contributed by atoms with Crippen LogP contribution in [-0.4, -0.2) is 55.2 Å². The van der Waals surface area contributed by atoms with Gasteiger partial charge in [0.15, 0.2) is 0 Å². The first-order valence-corrected chi connectivity index (χ1v) is 14.7. The maximum Gasteiger partial charge on any atom is 0.254 e. The van der Waals surface area contributed by atoms with Crippen LogP contribution < -0.4 is 5.32 Å². The number of nitrogens with one attached hydrogen (secondary N) is 1. The van der Waals surface area contributed by atoms with Crippen LogP contribution in [0.25, 0.3) is 27.8 Å². The Morgan fingerprint density at radius 2 is 1.77 bits per heavy atom. The zero-order valence-electron chi connectivity index (χ0n) is 24.5. The summed E-state index contributed by atoms with van der Waals surface area (Å²) in [5, 5.41) is 3.90. The lowest BCUT2D eigenvalue weighted by atomic mass is 9.85. The van der Waals surface area contributed by atoms with Crippen molar-refractivity contribution in [2.24, 2.45) is 5.41 Å². The molecule has 1 atom stereocenters. The maximum absolute atomic E-state index is 15.5. The second-order valence-electron chi connectivity index (χ2n) is 12.8. The van der Waals surface area contributed by atoms with Crippen LogP contribution in [-0.2, 0) is 10.2 Å². The Labute approximate surface area is 249 Å². The Hall–Kier alpha value is -4.66. The fourth-order valence-electron chi connectivity index (χ4n) is 6.02. The van der Waals surface area contributed by atoms with Crippen LogP contribution in [0.2, 0.25) is 0 Å². The monoisotopic (exact) mass is 576 g/mol. The molecule has 3 aromatic heterocycles. The summed E-state index contributed by atoms with van der Waals surface area (Å²) in [6, 6.07) is 14.2. The minimum absolute atomic E-state index is 0.102. The Bertz CT molecular complexity index is 1900. The van der Waals surface area contributed by atoms with Gasteiger partial charge < -0.3 is 10.2 Å². The van der Waals surface area contributed by atoms with Gasteiger partial charge in [0.2, 0.25) is 11.7 Å². The summed E-state index contributed by atoms with van der Waals surface area (Å²) in [6.07, 6.45) is 10.2. The average Bonchev–Trinajstić information content (AvgIpc) is 3.65. The van der Waals surface area contributed by atoms with Crippen LogP contribution in [0, 0.1) is 11.2 Å². The molecule has 1 N–H and O–H groups in total. The van der Waals surface area contributed by atoms with E-state index in [1.54, 1.807) is 23.4 Å². The van der Waals surface area contributed by atoms with Crippen molar-refractivity contribution in [1.82, 2.24) is 29.6 Å². The lowest BCUT2D eigenvalue weighted by Gasteiger charge is -2.39. The molecule has 1 aliphatic heterocycles. The van der Waals surface area contributed by atoms with Crippen LogP contribution in [0.3, 0.4) is 0 Å². The number of benzene rings is 2. The molecule has 1 unspecified atom stereocenters. The molecular weight excluding hydrogens is 543 g/mol. The Morgan fingerprint density at radius 1 is 0.977 bits per heavy atom. The van der Waals surface area contributed by atoms with Gasteiger partial charge in [0, 0.05) is 48.0 Å². The second-order valence-corrected chi connectivity index (χ2v) is 12.8. The molecular formula is C34H33FN6O2. The molecule has 5 aromatic rings. The molecule has 7 rings (SSSR count). The third kappa shape index (κ3) is 4.73. The molecule has 2 fully saturated rings. The van der Waals surface area contributed by atoms with Gasteiger partial charge in [0.1, 0.15) is 11.9 Å². The number of nitrogens with zero attached hydrogens (tertiary/aromatic N) is 5. The fraction of sp³-hybridized carbons (Fsp3) is 0.324. The number of rotatable bonds is 6. The highest BCUT2D eigenvalue weighted by Crippen LogP contribution is 2.53. The number of likely N-dealkylation sites (tertiary alicyclic amines) is 1. The van der Waals surface area contributed by atoms with Gasteiger partial charge in [-0.15, -0.1) is 0 Å². The van der Waals surface area contributed by atoms with Gasteiger partial charge in [-0.3, -0.25) is 19.0 Å². The predicted molar refractivity (Wildman–Crippen MR) is 162 cm³/mol. The Morgan fingerprint density at radius 3 is 2.47 bits per heavy atom. The number of imidazole rings is 1. The summed E-state index contributed by atoms with van der Waals surface area (Å²) in [5.74, 6) is -0.824. The lowest BCUT2D eigenvalue weighted by Crippen LogP contribution is -2.57. The molecule has 1 saturated carbocycles. The van der Waals surface area contributed by atoms with Crippen molar-refractivity contribution < 1.29 is 14.0 Å². The number of hydrogen-bond donors (Lipinski definition) is 1. The summed E-state index contributed by atoms with van der Waals surface area (Å²) in [6.45, 7) is 7.05. The van der Waals surface area contributed by atoms with E-state index in [9.17, 15) is 9.59 Å². The molecule has 1 aliphatic carbocycles. The number of pyridine rings is 1. The lowest BCUT2D eigenvalue weighted by molar-refractivity contribution is -0.139. The van der Waals surface area contributed by atoms with Gasteiger partial charge in [0.25, 0.3) is 5.91 Å². The first-order valence-electron chi connectivity index (χ1n) is 14.7. The maximum atomic E-state index is 15.5. The van der Waals surface area contributed by atoms with Gasteiger partial charge in [-0.1, -0.05) is 39.0 Å². The third-order valence-electron chi connectivity index (χ3n) is 8.86. The van der Waals surface area contributed by atoms with E-state index in [1.807, 2.05) is 43.6 Å². The van der Waals surface area contributed by atoms with Crippen molar-refractivity contribution >= 4 is 28.5 Å². The Kier molecular flexibility index (Phi) is 6.30. The number of amides is 2. The van der Waals surface area contributed by atoms with E-state index >= 15 is 4.39 Å². The van der Waals surface area contributed by atoms with E-state index in [-0.39, 0.29) is 16.9 Å². The van der Waals surface area contributed by atoms with Crippen LogP contribution in [0.4, 0.5) is 4.39 Å². The molecule has 0 radical (unpaired) electrons. The second kappa shape index (κ2) is 9.97. The smallest absolute Gasteiger partial charge is 0.254 e. The van der Waals surface area contributed by atoms with Crippen molar-refractivity contribution in [1.29, 1.82) is 0 Å². The zero-order chi connectivity index (χ0) is 29.9. The molecule has 218 valence electrons. The number of aromatic nitrogens is 4. The SMILES string of the molecule is CC(C)(C)C(NC(=O)c1ccc(-c2cnc3ncc(C4(c5ccc6ncccc6c5)CC4)n3c2)cc1F)C(=O)N1CCC1. The Balaban J connectivity index is 1.18. The summed E-state index contributed by atoms with van der Waals surface area (Å²) in [5.41, 5.74) is 3.71. The highest BCUT2D eigenvalue weighted by molar-refractivity contribution is 5.98. The molecule has 43 heavy (non-hydrogen) atoms. The topological polar surface area (TPSA) is 92.5 Å². The molecule has 8 nitrogen and oxygen atoms in total. The summed E-state index contributed by atoms with van der Waals surface area (Å²) >= 11 is 0. The minimum Gasteiger partial charge on any atom is -0.341 e. The molecule has 2 amide bonds. The van der Waals surface area contributed by atoms with Crippen LogP contribution in [0.5, 0.6) is 0 Å². The fourth-order valence-corrected chi connectivity index (χ4v) is 6.02. The number of fused-ring (bicyclic) bond motifs is 2. The third-order valence-corrected chi connectivity index (χ3v) is 8.86. The number of hydrogen-bond acceptors (Lipinski definition) is 5. The van der Waals surface area contributed by atoms with E-state index in [1.165, 1.54) is 17.7 Å². The molecule has 0 bridgehead atoms. The molecule has 0 spiro atoms. The predicted octanol–water partition coefficient (Wildman–Crippen LogP) is 5.54. The van der Waals surface area contributed by atoms with Gasteiger partial charge in [-0.25, -0.2) is 14.4 Å². The standard InChI is InChI=1S/C34H33FN6O2/c1-33(2,3)29(31(43)40-14-5-15-40)39-30(42)25-9-7-21(17-26(25)35)23-18-37-32-38-19-28(41(32)20-23)34(11-12-34)24-8-10-27-22(16-24)6-4-13-36-27/h4,6-10,13,16-20,29H,5,11-12,14-15H2,1-3H3,(H,39,42). The van der Waals surface area contributed by atoms with E-state index in [0.717, 1.165) is 35.9 Å². The summed E-state index contributed by atoms with van der Waals surface area (Å²) < 4.78 is 17.4. The van der Waals surface area contributed by atoms with E-state index in [0.29, 0.717) is 30.0 Å². The number of halogens is 1. The van der Waals surface area contributed by atoms with Crippen LogP contribution in [0.15, 0.2) is 73.3 Å². The molecule has 2 aromatic carbocycles. The largest absolute Gasteiger partial charge is 0.341 e. The van der Waals surface area contributed by atoms with Gasteiger partial charge in [-0.05, 0) is 66.1 Å². The van der Waals surface area contributed by atoms with E-state index in [2.05, 4.69) is 44.5 Å². The first-order chi connectivity index (χ1) is 20.6. The molecule has 4 heterocycles. The van der Waals surface area contributed by atoms with Crippen molar-refractivity contribution in [3.05, 3.63) is 96.0 Å². The molecule has 1 saturated heterocycles. The van der Waals surface area contributed by atoms with Gasteiger partial charge in [-0.2, -0.15) is 0 Å². The minimum atomic E-state index is -0.751. The first kappa shape index (κ1) is 27.2. The van der Waals surface area contributed by atoms with Crippen molar-refractivity contribution in [2.45, 2.75) is 51.5 Å². The number of carbonyl (C=O) groups is 2. The molecule has 2 aliphatic rings. The average molecular weight is 577 g/mol. The van der Waals surface area contributed by atoms with Gasteiger partial charge in [0.05, 0.1) is 23.0 Å². The molecule has 9 heteroatoms. The zero-order valence-corrected chi connectivity index (χ0v) is 24.5. The van der Waals surface area contributed by atoms with Crippen molar-refractivity contribution in [3.63, 3.8) is 0 Å². The number of carbonyl (C=O) groups excluding carboxylic acids is 2. The summed E-state index contributed by atoms with van der Waals surface area (Å²) in [7, 11) is 0. The normalized spacial score (nSPS) is 16.6. The van der Waals surface area contributed by atoms with Crippen molar-refractivity contribution in [3.8, 4) is 11.1 Å². The van der Waals surface area contributed by atoms with Crippen molar-refractivity contribution in [2.75, 3.05) is 13.1 Å². The van der Waals surface area contributed by atoms with E-state index < -0.39 is 23.2 Å². The van der Waals surface area contributed by atoms with Crippen LogP contribution >= 0.6 is 0 Å². The highest BCUT2D eigenvalue weighted by Gasteiger charge is 2.48.